The molecule has 1 aromatic heterocycles. The smallest absolute Gasteiger partial charge is 0.315 e. The van der Waals surface area contributed by atoms with Gasteiger partial charge in [-0.05, 0) is 49.9 Å². The molecular formula is C21H29N3O. The lowest BCUT2D eigenvalue weighted by atomic mass is 9.96. The largest absolute Gasteiger partial charge is 0.345 e. The zero-order valence-corrected chi connectivity index (χ0v) is 15.3. The van der Waals surface area contributed by atoms with E-state index in [2.05, 4.69) is 59.5 Å². The SMILES string of the molecule is Cc1ccc(C)c(Cn2cccc2CNC(=O)NC2CCCCC2)c1. The molecule has 0 aliphatic heterocycles. The van der Waals surface area contributed by atoms with Crippen molar-refractivity contribution >= 4 is 6.03 Å². The van der Waals surface area contributed by atoms with Crippen molar-refractivity contribution in [3.8, 4) is 0 Å². The molecule has 1 fully saturated rings. The summed E-state index contributed by atoms with van der Waals surface area (Å²) in [5.41, 5.74) is 5.02. The Hall–Kier alpha value is -2.23. The average Bonchev–Trinajstić information content (AvgIpc) is 3.04. The van der Waals surface area contributed by atoms with E-state index >= 15 is 0 Å². The molecule has 4 heteroatoms. The number of aryl methyl sites for hydroxylation is 2. The first-order chi connectivity index (χ1) is 12.1. The van der Waals surface area contributed by atoms with Crippen LogP contribution < -0.4 is 10.6 Å². The summed E-state index contributed by atoms with van der Waals surface area (Å²) in [6, 6.07) is 11.0. The highest BCUT2D eigenvalue weighted by molar-refractivity contribution is 5.74. The van der Waals surface area contributed by atoms with Gasteiger partial charge in [0.05, 0.1) is 6.54 Å². The van der Waals surface area contributed by atoms with Crippen molar-refractivity contribution in [3.05, 3.63) is 58.9 Å². The second-order valence-electron chi connectivity index (χ2n) is 7.22. The molecule has 2 N–H and O–H groups in total. The molecular weight excluding hydrogens is 310 g/mol. The fourth-order valence-electron chi connectivity index (χ4n) is 3.57. The Bertz CT molecular complexity index is 714. The minimum absolute atomic E-state index is 0.0496. The minimum atomic E-state index is -0.0496. The molecule has 0 radical (unpaired) electrons. The summed E-state index contributed by atoms with van der Waals surface area (Å²) in [6.45, 7) is 5.66. The average molecular weight is 339 g/mol. The van der Waals surface area contributed by atoms with Crippen molar-refractivity contribution in [2.75, 3.05) is 0 Å². The summed E-state index contributed by atoms with van der Waals surface area (Å²) < 4.78 is 2.21. The van der Waals surface area contributed by atoms with Gasteiger partial charge in [-0.15, -0.1) is 0 Å². The minimum Gasteiger partial charge on any atom is -0.345 e. The molecule has 3 rings (SSSR count). The Morgan fingerprint density at radius 2 is 1.96 bits per heavy atom. The third-order valence-corrected chi connectivity index (χ3v) is 5.14. The standard InChI is InChI=1S/C21H29N3O/c1-16-10-11-17(2)18(13-16)15-24-12-6-9-20(24)14-22-21(25)23-19-7-4-3-5-8-19/h6,9-13,19H,3-5,7-8,14-15H2,1-2H3,(H2,22,23,25). The van der Waals surface area contributed by atoms with E-state index in [-0.39, 0.29) is 6.03 Å². The van der Waals surface area contributed by atoms with Crippen LogP contribution in [0, 0.1) is 13.8 Å². The molecule has 0 bridgehead atoms. The molecule has 2 amide bonds. The Kier molecular flexibility index (Phi) is 5.79. The number of aromatic nitrogens is 1. The second-order valence-corrected chi connectivity index (χ2v) is 7.22. The fraction of sp³-hybridized carbons (Fsp3) is 0.476. The maximum Gasteiger partial charge on any atom is 0.315 e. The zero-order valence-electron chi connectivity index (χ0n) is 15.3. The van der Waals surface area contributed by atoms with Gasteiger partial charge in [-0.1, -0.05) is 43.0 Å². The van der Waals surface area contributed by atoms with E-state index in [4.69, 9.17) is 0 Å². The maximum atomic E-state index is 12.1. The molecule has 0 saturated heterocycles. The number of urea groups is 1. The van der Waals surface area contributed by atoms with Gasteiger partial charge in [-0.25, -0.2) is 4.79 Å². The number of hydrogen-bond donors (Lipinski definition) is 2. The molecule has 2 aromatic rings. The van der Waals surface area contributed by atoms with Gasteiger partial charge in [0.1, 0.15) is 0 Å². The Morgan fingerprint density at radius 1 is 1.16 bits per heavy atom. The number of rotatable bonds is 5. The van der Waals surface area contributed by atoms with E-state index in [1.54, 1.807) is 0 Å². The van der Waals surface area contributed by atoms with Crippen molar-refractivity contribution in [2.45, 2.75) is 65.1 Å². The highest BCUT2D eigenvalue weighted by Gasteiger charge is 2.15. The molecule has 25 heavy (non-hydrogen) atoms. The molecule has 1 heterocycles. The Labute approximate surface area is 150 Å². The van der Waals surface area contributed by atoms with Crippen LogP contribution in [0.2, 0.25) is 0 Å². The number of carbonyl (C=O) groups is 1. The molecule has 0 atom stereocenters. The second kappa shape index (κ2) is 8.24. The Balaban J connectivity index is 1.56. The third kappa shape index (κ3) is 4.88. The van der Waals surface area contributed by atoms with Crippen LogP contribution in [0.25, 0.3) is 0 Å². The number of nitrogens with zero attached hydrogens (tertiary/aromatic N) is 1. The van der Waals surface area contributed by atoms with Crippen LogP contribution in [-0.4, -0.2) is 16.6 Å². The van der Waals surface area contributed by atoms with Crippen LogP contribution in [0.4, 0.5) is 4.79 Å². The molecule has 0 unspecified atom stereocenters. The van der Waals surface area contributed by atoms with E-state index in [1.807, 2.05) is 6.07 Å². The highest BCUT2D eigenvalue weighted by atomic mass is 16.2. The molecule has 1 aromatic carbocycles. The molecule has 4 nitrogen and oxygen atoms in total. The normalized spacial score (nSPS) is 15.1. The third-order valence-electron chi connectivity index (χ3n) is 5.14. The molecule has 1 saturated carbocycles. The van der Waals surface area contributed by atoms with Crippen LogP contribution in [0.15, 0.2) is 36.5 Å². The van der Waals surface area contributed by atoms with Crippen molar-refractivity contribution in [1.82, 2.24) is 15.2 Å². The van der Waals surface area contributed by atoms with Gasteiger partial charge < -0.3 is 15.2 Å². The summed E-state index contributed by atoms with van der Waals surface area (Å²) in [7, 11) is 0. The molecule has 0 spiro atoms. The first-order valence-electron chi connectivity index (χ1n) is 9.36. The van der Waals surface area contributed by atoms with Crippen LogP contribution in [0.1, 0.15) is 54.5 Å². The highest BCUT2D eigenvalue weighted by Crippen LogP contribution is 2.17. The topological polar surface area (TPSA) is 46.1 Å². The first-order valence-corrected chi connectivity index (χ1v) is 9.36. The number of carbonyl (C=O) groups excluding carboxylic acids is 1. The summed E-state index contributed by atoms with van der Waals surface area (Å²) in [5, 5.41) is 6.12. The van der Waals surface area contributed by atoms with Gasteiger partial charge >= 0.3 is 6.03 Å². The van der Waals surface area contributed by atoms with E-state index < -0.39 is 0 Å². The quantitative estimate of drug-likeness (QED) is 0.839. The van der Waals surface area contributed by atoms with Crippen LogP contribution in [0.3, 0.4) is 0 Å². The lowest BCUT2D eigenvalue weighted by Crippen LogP contribution is -2.42. The lowest BCUT2D eigenvalue weighted by molar-refractivity contribution is 0.232. The zero-order chi connectivity index (χ0) is 17.6. The molecule has 1 aliphatic carbocycles. The van der Waals surface area contributed by atoms with E-state index in [0.717, 1.165) is 25.1 Å². The van der Waals surface area contributed by atoms with Crippen molar-refractivity contribution in [2.24, 2.45) is 0 Å². The number of benzene rings is 1. The van der Waals surface area contributed by atoms with E-state index in [1.165, 1.54) is 36.0 Å². The predicted molar refractivity (Wildman–Crippen MR) is 102 cm³/mol. The number of hydrogen-bond acceptors (Lipinski definition) is 1. The summed E-state index contributed by atoms with van der Waals surface area (Å²) >= 11 is 0. The summed E-state index contributed by atoms with van der Waals surface area (Å²) in [4.78, 5) is 12.1. The monoisotopic (exact) mass is 339 g/mol. The Morgan fingerprint density at radius 3 is 2.76 bits per heavy atom. The summed E-state index contributed by atoms with van der Waals surface area (Å²) in [6.07, 6.45) is 8.05. The van der Waals surface area contributed by atoms with Crippen LogP contribution in [-0.2, 0) is 13.1 Å². The summed E-state index contributed by atoms with van der Waals surface area (Å²) in [5.74, 6) is 0. The van der Waals surface area contributed by atoms with Gasteiger partial charge in [-0.3, -0.25) is 0 Å². The van der Waals surface area contributed by atoms with Gasteiger partial charge in [-0.2, -0.15) is 0 Å². The molecule has 134 valence electrons. The van der Waals surface area contributed by atoms with E-state index in [9.17, 15) is 4.79 Å². The first kappa shape index (κ1) is 17.6. The van der Waals surface area contributed by atoms with Crippen molar-refractivity contribution in [3.63, 3.8) is 0 Å². The maximum absolute atomic E-state index is 12.1. The number of nitrogens with one attached hydrogen (secondary N) is 2. The van der Waals surface area contributed by atoms with Crippen molar-refractivity contribution < 1.29 is 4.79 Å². The van der Waals surface area contributed by atoms with Gasteiger partial charge in [0.15, 0.2) is 0 Å². The fourth-order valence-corrected chi connectivity index (χ4v) is 3.57. The van der Waals surface area contributed by atoms with Crippen LogP contribution >= 0.6 is 0 Å². The van der Waals surface area contributed by atoms with Crippen molar-refractivity contribution in [1.29, 1.82) is 0 Å². The van der Waals surface area contributed by atoms with Gasteiger partial charge in [0.25, 0.3) is 0 Å². The molecule has 1 aliphatic rings. The van der Waals surface area contributed by atoms with Gasteiger partial charge in [0, 0.05) is 24.5 Å². The predicted octanol–water partition coefficient (Wildman–Crippen LogP) is 4.29. The van der Waals surface area contributed by atoms with Crippen LogP contribution in [0.5, 0.6) is 0 Å². The van der Waals surface area contributed by atoms with Gasteiger partial charge in [0.2, 0.25) is 0 Å². The lowest BCUT2D eigenvalue weighted by Gasteiger charge is -2.23. The number of amides is 2. The van der Waals surface area contributed by atoms with E-state index in [0.29, 0.717) is 12.6 Å².